The highest BCUT2D eigenvalue weighted by Gasteiger charge is 1.95. The molecule has 0 bridgehead atoms. The van der Waals surface area contributed by atoms with E-state index in [1.807, 2.05) is 0 Å². The molecule has 6 heteroatoms. The molecule has 0 aromatic carbocycles. The largest absolute Gasteiger partial charge is 0.383 e. The van der Waals surface area contributed by atoms with E-state index >= 15 is 0 Å². The quantitative estimate of drug-likeness (QED) is 0.381. The standard InChI is InChI=1S/C3H4N4S.H3N/c4-3(5)2-1-6-7-8-2;/h1H,(H3,4,5);1H3. The van der Waals surface area contributed by atoms with E-state index in [-0.39, 0.29) is 12.0 Å². The van der Waals surface area contributed by atoms with Crippen molar-refractivity contribution in [3.05, 3.63) is 11.1 Å². The van der Waals surface area contributed by atoms with Crippen LogP contribution in [0.15, 0.2) is 6.20 Å². The average molecular weight is 145 g/mol. The smallest absolute Gasteiger partial charge is 0.136 e. The molecule has 0 atom stereocenters. The minimum Gasteiger partial charge on any atom is -0.383 e. The van der Waals surface area contributed by atoms with Gasteiger partial charge < -0.3 is 11.9 Å². The second-order valence-corrected chi connectivity index (χ2v) is 1.98. The van der Waals surface area contributed by atoms with Crippen molar-refractivity contribution in [2.24, 2.45) is 5.73 Å². The molecule has 0 saturated carbocycles. The predicted molar refractivity (Wildman–Crippen MR) is 35.9 cm³/mol. The molecule has 0 aliphatic rings. The van der Waals surface area contributed by atoms with Gasteiger partial charge in [-0.3, -0.25) is 5.41 Å². The summed E-state index contributed by atoms with van der Waals surface area (Å²) in [5.41, 5.74) is 5.07. The molecule has 9 heavy (non-hydrogen) atoms. The lowest BCUT2D eigenvalue weighted by Crippen LogP contribution is -2.08. The van der Waals surface area contributed by atoms with Gasteiger partial charge in [-0.25, -0.2) is 0 Å². The SMILES string of the molecule is N.N=C(N)c1cnns1. The lowest BCUT2D eigenvalue weighted by Gasteiger charge is -1.81. The Bertz CT molecular complexity index is 180. The van der Waals surface area contributed by atoms with Gasteiger partial charge in [-0.15, -0.1) is 5.10 Å². The Labute approximate surface area is 56.1 Å². The van der Waals surface area contributed by atoms with E-state index in [4.69, 9.17) is 11.1 Å². The molecule has 0 amide bonds. The molecule has 1 aromatic heterocycles. The number of nitrogens with zero attached hydrogens (tertiary/aromatic N) is 2. The lowest BCUT2D eigenvalue weighted by molar-refractivity contribution is 1.15. The van der Waals surface area contributed by atoms with Crippen molar-refractivity contribution >= 4 is 17.4 Å². The summed E-state index contributed by atoms with van der Waals surface area (Å²) >= 11 is 1.12. The Hall–Kier alpha value is -1.01. The summed E-state index contributed by atoms with van der Waals surface area (Å²) in [4.78, 5) is 0.616. The summed E-state index contributed by atoms with van der Waals surface area (Å²) in [7, 11) is 0. The van der Waals surface area contributed by atoms with Crippen LogP contribution in [-0.4, -0.2) is 15.4 Å². The van der Waals surface area contributed by atoms with Crippen LogP contribution in [0.2, 0.25) is 0 Å². The molecule has 0 aliphatic heterocycles. The van der Waals surface area contributed by atoms with Gasteiger partial charge in [-0.05, 0) is 11.5 Å². The summed E-state index contributed by atoms with van der Waals surface area (Å²) in [5.74, 6) is 0.0278. The number of nitrogens with two attached hydrogens (primary N) is 1. The Morgan fingerprint density at radius 3 is 2.67 bits per heavy atom. The number of hydrogen-bond acceptors (Lipinski definition) is 5. The van der Waals surface area contributed by atoms with E-state index in [1.54, 1.807) is 0 Å². The zero-order valence-corrected chi connectivity index (χ0v) is 5.48. The third kappa shape index (κ3) is 1.74. The number of nitrogens with one attached hydrogen (secondary N) is 1. The lowest BCUT2D eigenvalue weighted by atomic mass is 10.5. The van der Waals surface area contributed by atoms with Gasteiger partial charge >= 0.3 is 0 Å². The van der Waals surface area contributed by atoms with Gasteiger partial charge in [0.2, 0.25) is 0 Å². The van der Waals surface area contributed by atoms with E-state index < -0.39 is 0 Å². The number of aromatic nitrogens is 2. The summed E-state index contributed by atoms with van der Waals surface area (Å²) in [5, 5.41) is 10.4. The van der Waals surface area contributed by atoms with Gasteiger partial charge in [0.25, 0.3) is 0 Å². The van der Waals surface area contributed by atoms with Crippen LogP contribution >= 0.6 is 11.5 Å². The Balaban J connectivity index is 0.000000640. The Morgan fingerprint density at radius 2 is 2.44 bits per heavy atom. The minimum atomic E-state index is 0. The number of rotatable bonds is 1. The van der Waals surface area contributed by atoms with Crippen LogP contribution in [0, 0.1) is 5.41 Å². The minimum absolute atomic E-state index is 0. The molecule has 50 valence electrons. The molecular formula is C3H7N5S. The predicted octanol–water partition coefficient (Wildman–Crippen LogP) is -0.0158. The van der Waals surface area contributed by atoms with Crippen molar-refractivity contribution in [1.82, 2.24) is 15.7 Å². The molecule has 0 fully saturated rings. The molecule has 0 saturated heterocycles. The highest BCUT2D eigenvalue weighted by atomic mass is 32.1. The van der Waals surface area contributed by atoms with Crippen LogP contribution < -0.4 is 11.9 Å². The van der Waals surface area contributed by atoms with E-state index in [0.29, 0.717) is 4.88 Å². The summed E-state index contributed by atoms with van der Waals surface area (Å²) in [6, 6.07) is 0. The highest BCUT2D eigenvalue weighted by Crippen LogP contribution is 1.97. The zero-order valence-electron chi connectivity index (χ0n) is 4.66. The van der Waals surface area contributed by atoms with Crippen molar-refractivity contribution in [2.75, 3.05) is 0 Å². The van der Waals surface area contributed by atoms with Crippen molar-refractivity contribution < 1.29 is 0 Å². The van der Waals surface area contributed by atoms with Crippen molar-refractivity contribution in [2.45, 2.75) is 0 Å². The van der Waals surface area contributed by atoms with Crippen LogP contribution in [0.1, 0.15) is 4.88 Å². The van der Waals surface area contributed by atoms with E-state index in [2.05, 4.69) is 9.59 Å². The summed E-state index contributed by atoms with van der Waals surface area (Å²) in [6.45, 7) is 0. The first-order chi connectivity index (χ1) is 3.80. The first-order valence-corrected chi connectivity index (χ1v) is 2.70. The second-order valence-electron chi connectivity index (χ2n) is 1.20. The number of hydrogen-bond donors (Lipinski definition) is 3. The maximum Gasteiger partial charge on any atom is 0.136 e. The topological polar surface area (TPSA) is 111 Å². The average Bonchev–Trinajstić information content (AvgIpc) is 2.12. The molecule has 1 aromatic rings. The monoisotopic (exact) mass is 145 g/mol. The Morgan fingerprint density at radius 1 is 1.78 bits per heavy atom. The van der Waals surface area contributed by atoms with Crippen LogP contribution in [0.3, 0.4) is 0 Å². The molecule has 1 heterocycles. The molecule has 0 spiro atoms. The van der Waals surface area contributed by atoms with Gasteiger partial charge in [0.1, 0.15) is 10.7 Å². The summed E-state index contributed by atoms with van der Waals surface area (Å²) in [6.07, 6.45) is 1.47. The van der Waals surface area contributed by atoms with Crippen LogP contribution in [0.4, 0.5) is 0 Å². The molecule has 6 N–H and O–H groups in total. The third-order valence-corrected chi connectivity index (χ3v) is 1.32. The molecule has 0 radical (unpaired) electrons. The number of nitrogen functional groups attached to an aromatic ring is 1. The first kappa shape index (κ1) is 7.99. The summed E-state index contributed by atoms with van der Waals surface area (Å²) < 4.78 is 3.51. The molecule has 1 rings (SSSR count). The molecular weight excluding hydrogens is 138 g/mol. The van der Waals surface area contributed by atoms with Crippen LogP contribution in [-0.2, 0) is 0 Å². The maximum absolute atomic E-state index is 6.86. The fraction of sp³-hybridized carbons (Fsp3) is 0. The Kier molecular flexibility index (Phi) is 2.75. The fourth-order valence-electron chi connectivity index (χ4n) is 0.286. The van der Waals surface area contributed by atoms with E-state index in [1.165, 1.54) is 6.20 Å². The van der Waals surface area contributed by atoms with Gasteiger partial charge in [-0.1, -0.05) is 4.49 Å². The third-order valence-electron chi connectivity index (χ3n) is 0.627. The molecule has 0 aliphatic carbocycles. The van der Waals surface area contributed by atoms with Gasteiger partial charge in [-0.2, -0.15) is 0 Å². The van der Waals surface area contributed by atoms with Crippen LogP contribution in [0.25, 0.3) is 0 Å². The highest BCUT2D eigenvalue weighted by molar-refractivity contribution is 7.07. The maximum atomic E-state index is 6.86. The van der Waals surface area contributed by atoms with Crippen molar-refractivity contribution in [1.29, 1.82) is 5.41 Å². The van der Waals surface area contributed by atoms with Crippen molar-refractivity contribution in [3.63, 3.8) is 0 Å². The van der Waals surface area contributed by atoms with E-state index in [0.717, 1.165) is 11.5 Å². The first-order valence-electron chi connectivity index (χ1n) is 1.92. The van der Waals surface area contributed by atoms with Gasteiger partial charge in [0.15, 0.2) is 0 Å². The van der Waals surface area contributed by atoms with Crippen LogP contribution in [0.5, 0.6) is 0 Å². The fourth-order valence-corrected chi connectivity index (χ4v) is 0.661. The van der Waals surface area contributed by atoms with E-state index in [9.17, 15) is 0 Å². The van der Waals surface area contributed by atoms with Gasteiger partial charge in [0.05, 0.1) is 6.20 Å². The van der Waals surface area contributed by atoms with Gasteiger partial charge in [0, 0.05) is 0 Å². The molecule has 0 unspecified atom stereocenters. The normalized spacial score (nSPS) is 8.00. The zero-order chi connectivity index (χ0) is 5.98. The second kappa shape index (κ2) is 3.10. The number of amidine groups is 1. The van der Waals surface area contributed by atoms with Crippen molar-refractivity contribution in [3.8, 4) is 0 Å². The molecule has 5 nitrogen and oxygen atoms in total.